The second-order valence-corrected chi connectivity index (χ2v) is 6.92. The number of ether oxygens (including phenoxy) is 1. The highest BCUT2D eigenvalue weighted by molar-refractivity contribution is 5.66. The monoisotopic (exact) mass is 394 g/mol. The van der Waals surface area contributed by atoms with Crippen molar-refractivity contribution in [3.05, 3.63) is 48.6 Å². The Bertz CT molecular complexity index is 551. The van der Waals surface area contributed by atoms with E-state index in [1.165, 1.54) is 0 Å². The number of aliphatic carboxylic acids is 1. The molecule has 0 aromatic carbocycles. The summed E-state index contributed by atoms with van der Waals surface area (Å²) in [5, 5.41) is 38.3. The summed E-state index contributed by atoms with van der Waals surface area (Å²) in [4.78, 5) is 10.4. The molecule has 6 nitrogen and oxygen atoms in total. The van der Waals surface area contributed by atoms with Gasteiger partial charge in [-0.05, 0) is 32.1 Å². The molecular formula is C22H34O6. The lowest BCUT2D eigenvalue weighted by atomic mass is 10.0. The Hall–Kier alpha value is -1.73. The molecule has 1 aliphatic heterocycles. The predicted molar refractivity (Wildman–Crippen MR) is 109 cm³/mol. The van der Waals surface area contributed by atoms with Crippen LogP contribution in [-0.2, 0) is 9.53 Å². The standard InChI is InChI=1S/C22H34O6/c1-2-17(23)14-15-20-19(25)16-21(28-20)18(24)12-10-8-6-4-3-5-7-9-11-13-22(26)27/h3-4,7-10,14-15,17-21,23-25H,2,5-6,11-13,16H2,1H3,(H,26,27)/b4-3-,9-7-,10-8-,15-14+/t17-,18+,19+,20+,21-/m0/s1. The highest BCUT2D eigenvalue weighted by Crippen LogP contribution is 2.25. The molecule has 1 rings (SSSR count). The van der Waals surface area contributed by atoms with Crippen LogP contribution in [0.1, 0.15) is 51.9 Å². The van der Waals surface area contributed by atoms with E-state index in [1.807, 2.05) is 43.4 Å². The lowest BCUT2D eigenvalue weighted by Gasteiger charge is -2.16. The van der Waals surface area contributed by atoms with E-state index in [2.05, 4.69) is 0 Å². The SMILES string of the molecule is CC[C@H](O)/C=C/[C@H]1O[C@H]([C@H](O)C/C=C\C/C=C\C/C=C\CCC(=O)O)C[C@H]1O. The number of carboxylic acids is 1. The van der Waals surface area contributed by atoms with Crippen LogP contribution >= 0.6 is 0 Å². The average Bonchev–Trinajstić information content (AvgIpc) is 3.04. The molecule has 1 aliphatic rings. The molecule has 0 saturated carbocycles. The summed E-state index contributed by atoms with van der Waals surface area (Å²) in [6.45, 7) is 1.87. The summed E-state index contributed by atoms with van der Waals surface area (Å²) >= 11 is 0. The van der Waals surface area contributed by atoms with Crippen LogP contribution in [0.2, 0.25) is 0 Å². The fraction of sp³-hybridized carbons (Fsp3) is 0.591. The van der Waals surface area contributed by atoms with Gasteiger partial charge in [-0.1, -0.05) is 55.5 Å². The first-order chi connectivity index (χ1) is 13.4. The number of hydrogen-bond acceptors (Lipinski definition) is 5. The van der Waals surface area contributed by atoms with Gasteiger partial charge < -0.3 is 25.2 Å². The topological polar surface area (TPSA) is 107 Å². The molecule has 1 heterocycles. The number of hydrogen-bond donors (Lipinski definition) is 4. The number of allylic oxidation sites excluding steroid dienone is 5. The zero-order valence-corrected chi connectivity index (χ0v) is 16.6. The van der Waals surface area contributed by atoms with Gasteiger partial charge in [0.15, 0.2) is 0 Å². The number of rotatable bonds is 13. The number of aliphatic hydroxyl groups is 3. The molecule has 158 valence electrons. The van der Waals surface area contributed by atoms with E-state index in [0.29, 0.717) is 25.7 Å². The van der Waals surface area contributed by atoms with Gasteiger partial charge in [0, 0.05) is 12.8 Å². The van der Waals surface area contributed by atoms with Gasteiger partial charge in [-0.2, -0.15) is 0 Å². The van der Waals surface area contributed by atoms with Crippen LogP contribution in [0.4, 0.5) is 0 Å². The van der Waals surface area contributed by atoms with E-state index in [1.54, 1.807) is 12.2 Å². The smallest absolute Gasteiger partial charge is 0.303 e. The Morgan fingerprint density at radius 1 is 1.11 bits per heavy atom. The zero-order valence-electron chi connectivity index (χ0n) is 16.6. The normalized spacial score (nSPS) is 25.5. The quantitative estimate of drug-likeness (QED) is 0.358. The van der Waals surface area contributed by atoms with Crippen molar-refractivity contribution in [2.75, 3.05) is 0 Å². The van der Waals surface area contributed by atoms with Gasteiger partial charge >= 0.3 is 5.97 Å². The van der Waals surface area contributed by atoms with Crippen molar-refractivity contribution in [1.82, 2.24) is 0 Å². The first-order valence-corrected chi connectivity index (χ1v) is 9.98. The van der Waals surface area contributed by atoms with Crippen LogP contribution in [0.15, 0.2) is 48.6 Å². The summed E-state index contributed by atoms with van der Waals surface area (Å²) in [5.74, 6) is -0.785. The van der Waals surface area contributed by atoms with Crippen LogP contribution in [0, 0.1) is 0 Å². The fourth-order valence-electron chi connectivity index (χ4n) is 2.77. The van der Waals surface area contributed by atoms with Gasteiger partial charge in [0.25, 0.3) is 0 Å². The van der Waals surface area contributed by atoms with Crippen molar-refractivity contribution in [2.24, 2.45) is 0 Å². The van der Waals surface area contributed by atoms with E-state index in [-0.39, 0.29) is 6.42 Å². The zero-order chi connectivity index (χ0) is 20.8. The molecule has 4 N–H and O–H groups in total. The lowest BCUT2D eigenvalue weighted by Crippen LogP contribution is -2.25. The molecule has 0 radical (unpaired) electrons. The highest BCUT2D eigenvalue weighted by Gasteiger charge is 2.35. The van der Waals surface area contributed by atoms with E-state index < -0.39 is 36.5 Å². The summed E-state index contributed by atoms with van der Waals surface area (Å²) < 4.78 is 5.70. The van der Waals surface area contributed by atoms with Crippen molar-refractivity contribution < 1.29 is 30.0 Å². The minimum atomic E-state index is -0.785. The Balaban J connectivity index is 2.22. The molecular weight excluding hydrogens is 360 g/mol. The molecule has 28 heavy (non-hydrogen) atoms. The van der Waals surface area contributed by atoms with Crippen LogP contribution in [0.25, 0.3) is 0 Å². The van der Waals surface area contributed by atoms with Crippen LogP contribution in [0.3, 0.4) is 0 Å². The minimum absolute atomic E-state index is 0.157. The van der Waals surface area contributed by atoms with Crippen LogP contribution in [0.5, 0.6) is 0 Å². The van der Waals surface area contributed by atoms with Crippen LogP contribution in [-0.4, -0.2) is 56.9 Å². The Kier molecular flexibility index (Phi) is 12.4. The maximum atomic E-state index is 10.4. The molecule has 0 aliphatic carbocycles. The summed E-state index contributed by atoms with van der Waals surface area (Å²) in [7, 11) is 0. The second kappa shape index (κ2) is 14.3. The van der Waals surface area contributed by atoms with Crippen molar-refractivity contribution in [2.45, 2.75) is 82.4 Å². The minimum Gasteiger partial charge on any atom is -0.481 e. The van der Waals surface area contributed by atoms with Gasteiger partial charge in [-0.15, -0.1) is 0 Å². The fourth-order valence-corrected chi connectivity index (χ4v) is 2.77. The largest absolute Gasteiger partial charge is 0.481 e. The van der Waals surface area contributed by atoms with E-state index in [0.717, 1.165) is 12.8 Å². The number of carboxylic acid groups (broad SMARTS) is 1. The molecule has 0 aromatic heterocycles. The molecule has 0 spiro atoms. The lowest BCUT2D eigenvalue weighted by molar-refractivity contribution is -0.136. The molecule has 0 aromatic rings. The van der Waals surface area contributed by atoms with Crippen molar-refractivity contribution in [3.63, 3.8) is 0 Å². The highest BCUT2D eigenvalue weighted by atomic mass is 16.5. The molecule has 0 bridgehead atoms. The predicted octanol–water partition coefficient (Wildman–Crippen LogP) is 2.90. The van der Waals surface area contributed by atoms with Gasteiger partial charge in [-0.25, -0.2) is 0 Å². The van der Waals surface area contributed by atoms with Crippen molar-refractivity contribution in [3.8, 4) is 0 Å². The van der Waals surface area contributed by atoms with Gasteiger partial charge in [0.05, 0.1) is 24.4 Å². The molecule has 0 amide bonds. The van der Waals surface area contributed by atoms with E-state index in [9.17, 15) is 20.1 Å². The van der Waals surface area contributed by atoms with Gasteiger partial charge in [0.2, 0.25) is 0 Å². The summed E-state index contributed by atoms with van der Waals surface area (Å²) in [6, 6.07) is 0. The van der Waals surface area contributed by atoms with E-state index >= 15 is 0 Å². The molecule has 0 unspecified atom stereocenters. The third-order valence-electron chi connectivity index (χ3n) is 4.50. The van der Waals surface area contributed by atoms with Gasteiger partial charge in [-0.3, -0.25) is 4.79 Å². The maximum absolute atomic E-state index is 10.4. The second-order valence-electron chi connectivity index (χ2n) is 6.92. The number of carbonyl (C=O) groups is 1. The summed E-state index contributed by atoms with van der Waals surface area (Å²) in [5.41, 5.74) is 0. The Morgan fingerprint density at radius 3 is 2.39 bits per heavy atom. The molecule has 6 heteroatoms. The van der Waals surface area contributed by atoms with Gasteiger partial charge in [0.1, 0.15) is 6.10 Å². The number of aliphatic hydroxyl groups excluding tert-OH is 3. The molecule has 1 saturated heterocycles. The third kappa shape index (κ3) is 10.6. The first-order valence-electron chi connectivity index (χ1n) is 9.98. The van der Waals surface area contributed by atoms with Crippen LogP contribution < -0.4 is 0 Å². The Labute approximate surface area is 167 Å². The Morgan fingerprint density at radius 2 is 1.75 bits per heavy atom. The summed E-state index contributed by atoms with van der Waals surface area (Å²) in [6.07, 6.45) is 15.9. The third-order valence-corrected chi connectivity index (χ3v) is 4.50. The maximum Gasteiger partial charge on any atom is 0.303 e. The van der Waals surface area contributed by atoms with Crippen molar-refractivity contribution >= 4 is 5.97 Å². The van der Waals surface area contributed by atoms with E-state index in [4.69, 9.17) is 9.84 Å². The first kappa shape index (κ1) is 24.3. The molecule has 1 fully saturated rings. The average molecular weight is 395 g/mol. The van der Waals surface area contributed by atoms with Crippen molar-refractivity contribution in [1.29, 1.82) is 0 Å². The molecule has 5 atom stereocenters.